The van der Waals surface area contributed by atoms with Crippen LogP contribution in [-0.4, -0.2) is 42.0 Å². The van der Waals surface area contributed by atoms with E-state index in [0.29, 0.717) is 19.5 Å². The lowest BCUT2D eigenvalue weighted by Gasteiger charge is -2.31. The Morgan fingerprint density at radius 3 is 2.95 bits per heavy atom. The van der Waals surface area contributed by atoms with E-state index in [-0.39, 0.29) is 23.4 Å². The first-order chi connectivity index (χ1) is 9.13. The maximum absolute atomic E-state index is 12.2. The van der Waals surface area contributed by atoms with E-state index >= 15 is 0 Å². The predicted octanol–water partition coefficient (Wildman–Crippen LogP) is 0.400. The van der Waals surface area contributed by atoms with Crippen LogP contribution in [0.15, 0.2) is 23.1 Å². The number of carbonyl (C=O) groups excluding carboxylic acids is 2. The van der Waals surface area contributed by atoms with Gasteiger partial charge in [0.15, 0.2) is 0 Å². The molecule has 1 atom stereocenters. The van der Waals surface area contributed by atoms with E-state index in [1.165, 1.54) is 24.3 Å². The number of methoxy groups -OCH3 is 1. The summed E-state index contributed by atoms with van der Waals surface area (Å²) in [5, 5.41) is 0. The number of piperidine rings is 1. The third kappa shape index (κ3) is 2.83. The second kappa shape index (κ2) is 5.69. The second-order valence-corrected chi connectivity index (χ2v) is 4.53. The van der Waals surface area contributed by atoms with Gasteiger partial charge in [-0.3, -0.25) is 14.4 Å². The molecule has 1 aliphatic rings. The Hall–Kier alpha value is -2.11. The number of nitrogens with zero attached hydrogens (tertiary/aromatic N) is 1. The number of ether oxygens (including phenoxy) is 1. The minimum absolute atomic E-state index is 0.105. The van der Waals surface area contributed by atoms with Crippen LogP contribution >= 0.6 is 0 Å². The summed E-state index contributed by atoms with van der Waals surface area (Å²) >= 11 is 0. The molecule has 6 heteroatoms. The number of likely N-dealkylation sites (tertiary alicyclic amines) is 1. The molecule has 1 unspecified atom stereocenters. The van der Waals surface area contributed by atoms with Crippen molar-refractivity contribution < 1.29 is 14.3 Å². The summed E-state index contributed by atoms with van der Waals surface area (Å²) in [6.45, 7) is 0.862. The summed E-state index contributed by atoms with van der Waals surface area (Å²) in [5.41, 5.74) is -0.305. The molecule has 1 fully saturated rings. The van der Waals surface area contributed by atoms with E-state index in [1.807, 2.05) is 0 Å². The van der Waals surface area contributed by atoms with Gasteiger partial charge in [-0.15, -0.1) is 0 Å². The largest absolute Gasteiger partial charge is 0.469 e. The van der Waals surface area contributed by atoms with Gasteiger partial charge in [-0.2, -0.15) is 0 Å². The first-order valence-electron chi connectivity index (χ1n) is 6.18. The van der Waals surface area contributed by atoms with E-state index in [2.05, 4.69) is 4.98 Å². The van der Waals surface area contributed by atoms with Crippen molar-refractivity contribution >= 4 is 11.9 Å². The predicted molar refractivity (Wildman–Crippen MR) is 67.7 cm³/mol. The molecule has 1 aromatic heterocycles. The Bertz CT molecular complexity index is 537. The van der Waals surface area contributed by atoms with Crippen molar-refractivity contribution in [3.05, 3.63) is 34.2 Å². The molecule has 0 radical (unpaired) electrons. The third-order valence-electron chi connectivity index (χ3n) is 3.29. The topological polar surface area (TPSA) is 79.5 Å². The van der Waals surface area contributed by atoms with Gasteiger partial charge in [0.25, 0.3) is 11.5 Å². The highest BCUT2D eigenvalue weighted by atomic mass is 16.5. The van der Waals surface area contributed by atoms with Crippen LogP contribution in [-0.2, 0) is 9.53 Å². The van der Waals surface area contributed by atoms with Crippen molar-refractivity contribution in [3.8, 4) is 0 Å². The monoisotopic (exact) mass is 264 g/mol. The third-order valence-corrected chi connectivity index (χ3v) is 3.29. The van der Waals surface area contributed by atoms with Gasteiger partial charge < -0.3 is 14.6 Å². The number of amides is 1. The van der Waals surface area contributed by atoms with Crippen molar-refractivity contribution in [2.75, 3.05) is 20.2 Å². The maximum atomic E-state index is 12.2. The molecule has 1 aliphatic heterocycles. The van der Waals surface area contributed by atoms with Crippen molar-refractivity contribution in [2.45, 2.75) is 12.8 Å². The van der Waals surface area contributed by atoms with Crippen LogP contribution < -0.4 is 5.56 Å². The number of carbonyl (C=O) groups is 2. The Balaban J connectivity index is 2.14. The van der Waals surface area contributed by atoms with E-state index < -0.39 is 5.56 Å². The van der Waals surface area contributed by atoms with Gasteiger partial charge in [0.1, 0.15) is 5.56 Å². The second-order valence-electron chi connectivity index (χ2n) is 4.53. The Morgan fingerprint density at radius 1 is 1.47 bits per heavy atom. The number of pyridine rings is 1. The first-order valence-corrected chi connectivity index (χ1v) is 6.18. The van der Waals surface area contributed by atoms with Gasteiger partial charge in [0.05, 0.1) is 13.0 Å². The van der Waals surface area contributed by atoms with Gasteiger partial charge in [0.2, 0.25) is 0 Å². The molecule has 0 aromatic carbocycles. The van der Waals surface area contributed by atoms with Gasteiger partial charge in [0, 0.05) is 19.3 Å². The summed E-state index contributed by atoms with van der Waals surface area (Å²) in [7, 11) is 1.34. The van der Waals surface area contributed by atoms with Crippen molar-refractivity contribution in [2.24, 2.45) is 5.92 Å². The lowest BCUT2D eigenvalue weighted by Crippen LogP contribution is -2.44. The number of hydrogen-bond donors (Lipinski definition) is 1. The molecular weight excluding hydrogens is 248 g/mol. The number of hydrogen-bond acceptors (Lipinski definition) is 4. The lowest BCUT2D eigenvalue weighted by atomic mass is 9.97. The first kappa shape index (κ1) is 13.3. The molecule has 0 spiro atoms. The average molecular weight is 264 g/mol. The summed E-state index contributed by atoms with van der Waals surface area (Å²) in [6.07, 6.45) is 2.92. The average Bonchev–Trinajstić information content (AvgIpc) is 2.46. The van der Waals surface area contributed by atoms with E-state index in [1.54, 1.807) is 6.07 Å². The van der Waals surface area contributed by atoms with Crippen LogP contribution in [0.3, 0.4) is 0 Å². The van der Waals surface area contributed by atoms with Gasteiger partial charge in [-0.25, -0.2) is 0 Å². The summed E-state index contributed by atoms with van der Waals surface area (Å²) in [4.78, 5) is 39.3. The number of nitrogens with one attached hydrogen (secondary N) is 1. The number of aromatic amines is 1. The van der Waals surface area contributed by atoms with Crippen molar-refractivity contribution in [3.63, 3.8) is 0 Å². The fourth-order valence-corrected chi connectivity index (χ4v) is 2.28. The van der Waals surface area contributed by atoms with E-state index in [0.717, 1.165) is 6.42 Å². The molecule has 0 saturated carbocycles. The SMILES string of the molecule is COC(=O)C1CCCN(C(=O)c2ccc[nH]c2=O)C1. The minimum atomic E-state index is -0.410. The van der Waals surface area contributed by atoms with Crippen LogP contribution in [0.4, 0.5) is 0 Å². The molecule has 2 rings (SSSR count). The molecule has 102 valence electrons. The molecule has 0 bridgehead atoms. The fraction of sp³-hybridized carbons (Fsp3) is 0.462. The zero-order valence-corrected chi connectivity index (χ0v) is 10.7. The normalized spacial score (nSPS) is 19.0. The summed E-state index contributed by atoms with van der Waals surface area (Å²) < 4.78 is 4.70. The van der Waals surface area contributed by atoms with E-state index in [9.17, 15) is 14.4 Å². The lowest BCUT2D eigenvalue weighted by molar-refractivity contribution is -0.146. The molecular formula is C13H16N2O4. The minimum Gasteiger partial charge on any atom is -0.469 e. The Labute approximate surface area is 110 Å². The molecule has 1 N–H and O–H groups in total. The van der Waals surface area contributed by atoms with Gasteiger partial charge >= 0.3 is 5.97 Å². The van der Waals surface area contributed by atoms with Crippen molar-refractivity contribution in [1.29, 1.82) is 0 Å². The van der Waals surface area contributed by atoms with Crippen LogP contribution in [0.1, 0.15) is 23.2 Å². The van der Waals surface area contributed by atoms with Crippen molar-refractivity contribution in [1.82, 2.24) is 9.88 Å². The maximum Gasteiger partial charge on any atom is 0.310 e. The van der Waals surface area contributed by atoms with Crippen LogP contribution in [0.25, 0.3) is 0 Å². The van der Waals surface area contributed by atoms with Gasteiger partial charge in [-0.05, 0) is 25.0 Å². The van der Waals surface area contributed by atoms with Crippen LogP contribution in [0.5, 0.6) is 0 Å². The molecule has 19 heavy (non-hydrogen) atoms. The molecule has 6 nitrogen and oxygen atoms in total. The molecule has 2 heterocycles. The number of aromatic nitrogens is 1. The summed E-state index contributed by atoms with van der Waals surface area (Å²) in [5.74, 6) is -0.944. The van der Waals surface area contributed by atoms with Crippen LogP contribution in [0, 0.1) is 5.92 Å². The Kier molecular flexibility index (Phi) is 3.99. The standard InChI is InChI=1S/C13H16N2O4/c1-19-13(18)9-4-3-7-15(8-9)12(17)10-5-2-6-14-11(10)16/h2,5-6,9H,3-4,7-8H2,1H3,(H,14,16). The number of esters is 1. The molecule has 1 saturated heterocycles. The Morgan fingerprint density at radius 2 is 2.26 bits per heavy atom. The highest BCUT2D eigenvalue weighted by Gasteiger charge is 2.30. The summed E-state index contributed by atoms with van der Waals surface area (Å²) in [6, 6.07) is 3.10. The molecule has 0 aliphatic carbocycles. The fourth-order valence-electron chi connectivity index (χ4n) is 2.28. The quantitative estimate of drug-likeness (QED) is 0.784. The smallest absolute Gasteiger partial charge is 0.310 e. The zero-order chi connectivity index (χ0) is 13.8. The number of H-pyrrole nitrogens is 1. The van der Waals surface area contributed by atoms with E-state index in [4.69, 9.17) is 4.74 Å². The highest BCUT2D eigenvalue weighted by molar-refractivity contribution is 5.94. The molecule has 1 amide bonds. The molecule has 1 aromatic rings. The van der Waals surface area contributed by atoms with Crippen LogP contribution in [0.2, 0.25) is 0 Å². The zero-order valence-electron chi connectivity index (χ0n) is 10.7. The van der Waals surface area contributed by atoms with Gasteiger partial charge in [-0.1, -0.05) is 0 Å². The number of rotatable bonds is 2. The highest BCUT2D eigenvalue weighted by Crippen LogP contribution is 2.18.